The van der Waals surface area contributed by atoms with Gasteiger partial charge in [0.25, 0.3) is 10.0 Å². The third-order valence-electron chi connectivity index (χ3n) is 4.63. The van der Waals surface area contributed by atoms with Crippen LogP contribution in [0.1, 0.15) is 12.8 Å². The van der Waals surface area contributed by atoms with Gasteiger partial charge in [-0.3, -0.25) is 4.90 Å². The van der Waals surface area contributed by atoms with E-state index in [9.17, 15) is 16.8 Å². The second-order valence-electron chi connectivity index (χ2n) is 6.41. The fourth-order valence-corrected chi connectivity index (χ4v) is 7.94. The summed E-state index contributed by atoms with van der Waals surface area (Å²) in [7, 11) is -6.79. The van der Waals surface area contributed by atoms with E-state index in [1.165, 1.54) is 15.6 Å². The Morgan fingerprint density at radius 1 is 1.32 bits per heavy atom. The number of ether oxygens (including phenoxy) is 1. The number of hydrogen-bond acceptors (Lipinski definition) is 7. The zero-order valence-electron chi connectivity index (χ0n) is 14.0. The number of sulfone groups is 1. The van der Waals surface area contributed by atoms with E-state index in [0.717, 1.165) is 19.6 Å². The maximum Gasteiger partial charge on any atom is 0.252 e. The molecule has 0 N–H and O–H groups in total. The molecule has 1 unspecified atom stereocenters. The van der Waals surface area contributed by atoms with Crippen LogP contribution in [0.3, 0.4) is 0 Å². The van der Waals surface area contributed by atoms with E-state index in [1.54, 1.807) is 17.5 Å². The minimum atomic E-state index is -3.65. The number of morpholine rings is 1. The van der Waals surface area contributed by atoms with Gasteiger partial charge in [-0.25, -0.2) is 16.8 Å². The van der Waals surface area contributed by atoms with Gasteiger partial charge < -0.3 is 4.74 Å². The topological polar surface area (TPSA) is 84.0 Å². The molecular weight excluding hydrogens is 384 g/mol. The van der Waals surface area contributed by atoms with Crippen molar-refractivity contribution < 1.29 is 21.6 Å². The summed E-state index contributed by atoms with van der Waals surface area (Å²) in [5.74, 6) is -0.00719. The Balaban J connectivity index is 1.70. The van der Waals surface area contributed by atoms with Gasteiger partial charge >= 0.3 is 0 Å². The van der Waals surface area contributed by atoms with Crippen molar-refractivity contribution in [3.8, 4) is 0 Å². The lowest BCUT2D eigenvalue weighted by Crippen LogP contribution is -2.43. The molecule has 0 spiro atoms. The van der Waals surface area contributed by atoms with Gasteiger partial charge in [-0.2, -0.15) is 4.31 Å². The van der Waals surface area contributed by atoms with E-state index in [2.05, 4.69) is 4.90 Å². The molecule has 2 aliphatic heterocycles. The second kappa shape index (κ2) is 8.01. The molecule has 1 aromatic heterocycles. The molecule has 0 bridgehead atoms. The van der Waals surface area contributed by atoms with Crippen LogP contribution >= 0.6 is 11.3 Å². The molecule has 0 aromatic carbocycles. The maximum absolute atomic E-state index is 13.0. The van der Waals surface area contributed by atoms with E-state index in [-0.39, 0.29) is 15.7 Å². The largest absolute Gasteiger partial charge is 0.379 e. The monoisotopic (exact) mass is 408 g/mol. The summed E-state index contributed by atoms with van der Waals surface area (Å²) < 4.78 is 56.7. The Morgan fingerprint density at radius 2 is 2.08 bits per heavy atom. The van der Waals surface area contributed by atoms with Crippen molar-refractivity contribution in [1.29, 1.82) is 0 Å². The first-order valence-electron chi connectivity index (χ1n) is 8.44. The van der Waals surface area contributed by atoms with Crippen LogP contribution in [0, 0.1) is 0 Å². The molecule has 25 heavy (non-hydrogen) atoms. The summed E-state index contributed by atoms with van der Waals surface area (Å²) in [5, 5.41) is 1.73. The molecule has 2 aliphatic rings. The van der Waals surface area contributed by atoms with Gasteiger partial charge in [0.15, 0.2) is 9.84 Å². The van der Waals surface area contributed by atoms with Gasteiger partial charge in [0.1, 0.15) is 4.21 Å². The standard InChI is InChI=1S/C15H24N2O5S3/c18-24(19)12-4-14(13-24)17(25(20,21)15-3-1-11-23-15)6-2-5-16-7-9-22-10-8-16/h1,3,11,14H,2,4-10,12-13H2. The summed E-state index contributed by atoms with van der Waals surface area (Å²) in [6, 6.07) is 2.83. The zero-order chi connectivity index (χ0) is 17.9. The molecule has 0 aliphatic carbocycles. The van der Waals surface area contributed by atoms with Crippen LogP contribution < -0.4 is 0 Å². The summed E-state index contributed by atoms with van der Waals surface area (Å²) in [6.07, 6.45) is 1.06. The fraction of sp³-hybridized carbons (Fsp3) is 0.733. The van der Waals surface area contributed by atoms with Crippen LogP contribution in [0.4, 0.5) is 0 Å². The zero-order valence-corrected chi connectivity index (χ0v) is 16.5. The van der Waals surface area contributed by atoms with Crippen molar-refractivity contribution in [2.24, 2.45) is 0 Å². The van der Waals surface area contributed by atoms with Crippen LogP contribution in [-0.2, 0) is 24.6 Å². The molecule has 3 rings (SSSR count). The molecule has 7 nitrogen and oxygen atoms in total. The van der Waals surface area contributed by atoms with E-state index in [1.807, 2.05) is 0 Å². The Hall–Kier alpha value is -0.520. The van der Waals surface area contributed by atoms with Crippen LogP contribution in [0.25, 0.3) is 0 Å². The average molecular weight is 409 g/mol. The number of sulfonamides is 1. The molecular formula is C15H24N2O5S3. The van der Waals surface area contributed by atoms with Gasteiger partial charge in [0.05, 0.1) is 24.7 Å². The van der Waals surface area contributed by atoms with Crippen molar-refractivity contribution in [2.45, 2.75) is 23.1 Å². The number of nitrogens with zero attached hydrogens (tertiary/aromatic N) is 2. The molecule has 0 saturated carbocycles. The van der Waals surface area contributed by atoms with Crippen LogP contribution in [-0.4, -0.2) is 83.0 Å². The van der Waals surface area contributed by atoms with E-state index >= 15 is 0 Å². The molecule has 10 heteroatoms. The average Bonchev–Trinajstić information content (AvgIpc) is 3.22. The van der Waals surface area contributed by atoms with Crippen molar-refractivity contribution in [1.82, 2.24) is 9.21 Å². The Bertz CT molecular complexity index is 755. The minimum Gasteiger partial charge on any atom is -0.379 e. The third kappa shape index (κ3) is 4.81. The van der Waals surface area contributed by atoms with Crippen LogP contribution in [0.2, 0.25) is 0 Å². The van der Waals surface area contributed by atoms with Gasteiger partial charge in [-0.15, -0.1) is 11.3 Å². The van der Waals surface area contributed by atoms with Crippen molar-refractivity contribution in [3.63, 3.8) is 0 Å². The van der Waals surface area contributed by atoms with Gasteiger partial charge in [-0.05, 0) is 30.8 Å². The molecule has 1 aromatic rings. The lowest BCUT2D eigenvalue weighted by molar-refractivity contribution is 0.0367. The van der Waals surface area contributed by atoms with E-state index in [4.69, 9.17) is 4.74 Å². The number of thiophene rings is 1. The predicted molar refractivity (Wildman–Crippen MR) is 97.1 cm³/mol. The number of rotatable bonds is 7. The fourth-order valence-electron chi connectivity index (χ4n) is 3.30. The van der Waals surface area contributed by atoms with Gasteiger partial charge in [0.2, 0.25) is 0 Å². The molecule has 1 atom stereocenters. The first-order chi connectivity index (χ1) is 11.9. The molecule has 142 valence electrons. The normalized spacial score (nSPS) is 24.8. The molecule has 2 fully saturated rings. The van der Waals surface area contributed by atoms with Crippen LogP contribution in [0.5, 0.6) is 0 Å². The maximum atomic E-state index is 13.0. The smallest absolute Gasteiger partial charge is 0.252 e. The van der Waals surface area contributed by atoms with Crippen molar-refractivity contribution in [2.75, 3.05) is 50.9 Å². The van der Waals surface area contributed by atoms with E-state index < -0.39 is 25.9 Å². The molecule has 0 amide bonds. The highest BCUT2D eigenvalue weighted by Crippen LogP contribution is 2.27. The quantitative estimate of drug-likeness (QED) is 0.659. The summed E-state index contributed by atoms with van der Waals surface area (Å²) in [5.41, 5.74) is 0. The summed E-state index contributed by atoms with van der Waals surface area (Å²) in [4.78, 5) is 2.25. The van der Waals surface area contributed by atoms with Crippen LogP contribution in [0.15, 0.2) is 21.7 Å². The Kier molecular flexibility index (Phi) is 6.17. The predicted octanol–water partition coefficient (Wildman–Crippen LogP) is 0.648. The first kappa shape index (κ1) is 19.2. The lowest BCUT2D eigenvalue weighted by Gasteiger charge is -2.30. The van der Waals surface area contributed by atoms with Gasteiger partial charge in [-0.1, -0.05) is 6.07 Å². The van der Waals surface area contributed by atoms with Crippen molar-refractivity contribution in [3.05, 3.63) is 17.5 Å². The third-order valence-corrected chi connectivity index (χ3v) is 9.71. The Morgan fingerprint density at radius 3 is 2.68 bits per heavy atom. The van der Waals surface area contributed by atoms with Crippen molar-refractivity contribution >= 4 is 31.2 Å². The Labute approximate surface area is 153 Å². The minimum absolute atomic E-state index is 0.0671. The van der Waals surface area contributed by atoms with E-state index in [0.29, 0.717) is 32.6 Å². The highest BCUT2D eigenvalue weighted by Gasteiger charge is 2.38. The first-order valence-corrected chi connectivity index (χ1v) is 12.6. The highest BCUT2D eigenvalue weighted by atomic mass is 32.2. The number of hydrogen-bond donors (Lipinski definition) is 0. The molecule has 3 heterocycles. The molecule has 0 radical (unpaired) electrons. The summed E-state index contributed by atoms with van der Waals surface area (Å²) >= 11 is 1.17. The lowest BCUT2D eigenvalue weighted by atomic mass is 10.2. The highest BCUT2D eigenvalue weighted by molar-refractivity contribution is 7.92. The van der Waals surface area contributed by atoms with Gasteiger partial charge in [0, 0.05) is 25.7 Å². The SMILES string of the molecule is O=S1(=O)CCC(N(CCCN2CCOCC2)S(=O)(=O)c2cccs2)C1. The summed E-state index contributed by atoms with van der Waals surface area (Å²) in [6.45, 7) is 4.26. The second-order valence-corrected chi connectivity index (χ2v) is 11.7. The molecule has 2 saturated heterocycles.